The second-order valence-corrected chi connectivity index (χ2v) is 5.28. The van der Waals surface area contributed by atoms with Gasteiger partial charge in [-0.05, 0) is 10.0 Å². The van der Waals surface area contributed by atoms with E-state index in [1.165, 1.54) is 0 Å². The minimum Gasteiger partial charge on any atom is -0.480 e. The van der Waals surface area contributed by atoms with Crippen molar-refractivity contribution in [1.29, 1.82) is 0 Å². The van der Waals surface area contributed by atoms with Crippen molar-refractivity contribution in [1.82, 2.24) is 5.32 Å². The van der Waals surface area contributed by atoms with Crippen LogP contribution >= 0.6 is 15.9 Å². The number of carbonyl (C=O) groups is 2. The number of hydrogen-bond donors (Lipinski definition) is 2. The fourth-order valence-electron chi connectivity index (χ4n) is 1.49. The number of hydrogen-bond acceptors (Lipinski definition) is 3. The van der Waals surface area contributed by atoms with Gasteiger partial charge >= 0.3 is 5.97 Å². The first kappa shape index (κ1) is 16.4. The SMILES string of the molecule is C=C(Br)C[C@H](NC(=O)COCc1ccccc1)C(=O)O. The van der Waals surface area contributed by atoms with Crippen molar-refractivity contribution in [3.63, 3.8) is 0 Å². The van der Waals surface area contributed by atoms with Crippen molar-refractivity contribution in [3.8, 4) is 0 Å². The summed E-state index contributed by atoms with van der Waals surface area (Å²) < 4.78 is 5.74. The molecule has 0 spiro atoms. The summed E-state index contributed by atoms with van der Waals surface area (Å²) in [4.78, 5) is 22.5. The Hall–Kier alpha value is -1.66. The third-order valence-electron chi connectivity index (χ3n) is 2.40. The highest BCUT2D eigenvalue weighted by molar-refractivity contribution is 9.11. The van der Waals surface area contributed by atoms with Crippen LogP contribution in [0.15, 0.2) is 41.4 Å². The average molecular weight is 342 g/mol. The van der Waals surface area contributed by atoms with Gasteiger partial charge in [0.2, 0.25) is 5.91 Å². The summed E-state index contributed by atoms with van der Waals surface area (Å²) >= 11 is 3.08. The van der Waals surface area contributed by atoms with Crippen LogP contribution in [0.3, 0.4) is 0 Å². The molecule has 0 aliphatic rings. The van der Waals surface area contributed by atoms with Gasteiger partial charge in [0.1, 0.15) is 12.6 Å². The van der Waals surface area contributed by atoms with Gasteiger partial charge in [0.15, 0.2) is 0 Å². The molecule has 0 bridgehead atoms. The largest absolute Gasteiger partial charge is 0.480 e. The first-order valence-electron chi connectivity index (χ1n) is 5.96. The fourth-order valence-corrected chi connectivity index (χ4v) is 1.82. The van der Waals surface area contributed by atoms with Gasteiger partial charge in [0.25, 0.3) is 0 Å². The molecule has 1 aromatic carbocycles. The van der Waals surface area contributed by atoms with Crippen molar-refractivity contribution >= 4 is 27.8 Å². The number of nitrogens with one attached hydrogen (secondary N) is 1. The van der Waals surface area contributed by atoms with Gasteiger partial charge < -0.3 is 15.2 Å². The maximum atomic E-state index is 11.6. The molecule has 108 valence electrons. The zero-order chi connectivity index (χ0) is 15.0. The standard InChI is InChI=1S/C14H16BrNO4/c1-10(15)7-12(14(18)19)16-13(17)9-20-8-11-5-3-2-4-6-11/h2-6,12H,1,7-9H2,(H,16,17)(H,18,19)/t12-/m0/s1. The Morgan fingerprint density at radius 1 is 1.35 bits per heavy atom. The lowest BCUT2D eigenvalue weighted by molar-refractivity contribution is -0.142. The van der Waals surface area contributed by atoms with Crippen LogP contribution in [0, 0.1) is 0 Å². The first-order valence-corrected chi connectivity index (χ1v) is 6.75. The van der Waals surface area contributed by atoms with E-state index in [4.69, 9.17) is 9.84 Å². The number of amides is 1. The van der Waals surface area contributed by atoms with Gasteiger partial charge in [0.05, 0.1) is 6.61 Å². The second kappa shape index (κ2) is 8.50. The highest BCUT2D eigenvalue weighted by Gasteiger charge is 2.20. The molecule has 1 rings (SSSR count). The smallest absolute Gasteiger partial charge is 0.326 e. The molecule has 1 amide bonds. The highest BCUT2D eigenvalue weighted by atomic mass is 79.9. The Morgan fingerprint density at radius 3 is 2.55 bits per heavy atom. The second-order valence-electron chi connectivity index (χ2n) is 4.16. The van der Waals surface area contributed by atoms with E-state index >= 15 is 0 Å². The van der Waals surface area contributed by atoms with Crippen LogP contribution in [0.5, 0.6) is 0 Å². The molecule has 0 fully saturated rings. The van der Waals surface area contributed by atoms with Crippen LogP contribution in [0.2, 0.25) is 0 Å². The molecule has 0 heterocycles. The summed E-state index contributed by atoms with van der Waals surface area (Å²) in [5, 5.41) is 11.3. The Balaban J connectivity index is 2.35. The zero-order valence-electron chi connectivity index (χ0n) is 10.8. The summed E-state index contributed by atoms with van der Waals surface area (Å²) in [6.07, 6.45) is 0.125. The number of carboxylic acid groups (broad SMARTS) is 1. The number of aliphatic carboxylic acids is 1. The third-order valence-corrected chi connectivity index (χ3v) is 2.73. The minimum absolute atomic E-state index is 0.125. The molecule has 1 aromatic rings. The molecule has 0 saturated heterocycles. The molecular formula is C14H16BrNO4. The molecule has 0 unspecified atom stereocenters. The van der Waals surface area contributed by atoms with E-state index in [0.717, 1.165) is 5.56 Å². The molecular weight excluding hydrogens is 326 g/mol. The van der Waals surface area contributed by atoms with Gasteiger partial charge in [-0.3, -0.25) is 4.79 Å². The predicted molar refractivity (Wildman–Crippen MR) is 78.3 cm³/mol. The van der Waals surface area contributed by atoms with Crippen LogP contribution in [-0.2, 0) is 20.9 Å². The van der Waals surface area contributed by atoms with Gasteiger partial charge in [-0.2, -0.15) is 0 Å². The number of halogens is 1. The topological polar surface area (TPSA) is 75.6 Å². The lowest BCUT2D eigenvalue weighted by atomic mass is 10.2. The van der Waals surface area contributed by atoms with Crippen LogP contribution in [-0.4, -0.2) is 29.6 Å². The normalized spacial score (nSPS) is 11.7. The summed E-state index contributed by atoms with van der Waals surface area (Å²) in [5.74, 6) is -1.58. The molecule has 0 saturated carbocycles. The highest BCUT2D eigenvalue weighted by Crippen LogP contribution is 2.10. The van der Waals surface area contributed by atoms with E-state index in [0.29, 0.717) is 11.1 Å². The lowest BCUT2D eigenvalue weighted by Gasteiger charge is -2.14. The maximum Gasteiger partial charge on any atom is 0.326 e. The summed E-state index contributed by atoms with van der Waals surface area (Å²) in [7, 11) is 0. The summed E-state index contributed by atoms with van der Waals surface area (Å²) in [6.45, 7) is 3.67. The monoisotopic (exact) mass is 341 g/mol. The molecule has 5 nitrogen and oxygen atoms in total. The molecule has 20 heavy (non-hydrogen) atoms. The number of carbonyl (C=O) groups excluding carboxylic acids is 1. The van der Waals surface area contributed by atoms with Crippen molar-refractivity contribution in [3.05, 3.63) is 47.0 Å². The molecule has 0 radical (unpaired) electrons. The third kappa shape index (κ3) is 6.49. The number of carboxylic acids is 1. The maximum absolute atomic E-state index is 11.6. The Bertz CT molecular complexity index is 475. The van der Waals surface area contributed by atoms with E-state index in [9.17, 15) is 9.59 Å². The molecule has 0 aliphatic heterocycles. The number of benzene rings is 1. The lowest BCUT2D eigenvalue weighted by Crippen LogP contribution is -2.42. The molecule has 0 aromatic heterocycles. The number of ether oxygens (including phenoxy) is 1. The van der Waals surface area contributed by atoms with Gasteiger partial charge in [0, 0.05) is 6.42 Å². The molecule has 0 aliphatic carbocycles. The van der Waals surface area contributed by atoms with Gasteiger partial charge in [-0.15, -0.1) is 0 Å². The van der Waals surface area contributed by atoms with Gasteiger partial charge in [-0.1, -0.05) is 52.8 Å². The Morgan fingerprint density at radius 2 is 2.00 bits per heavy atom. The van der Waals surface area contributed by atoms with Crippen molar-refractivity contribution in [2.24, 2.45) is 0 Å². The van der Waals surface area contributed by atoms with Crippen LogP contribution < -0.4 is 5.32 Å². The molecule has 2 N–H and O–H groups in total. The van der Waals surface area contributed by atoms with E-state index in [1.807, 2.05) is 30.3 Å². The number of rotatable bonds is 8. The van der Waals surface area contributed by atoms with Crippen LogP contribution in [0.4, 0.5) is 0 Å². The quantitative estimate of drug-likeness (QED) is 0.758. The van der Waals surface area contributed by atoms with Gasteiger partial charge in [-0.25, -0.2) is 4.79 Å². The summed E-state index contributed by atoms with van der Waals surface area (Å²) in [5.41, 5.74) is 0.948. The Labute approximate surface area is 125 Å². The van der Waals surface area contributed by atoms with Crippen LogP contribution in [0.1, 0.15) is 12.0 Å². The van der Waals surface area contributed by atoms with E-state index < -0.39 is 17.9 Å². The Kier molecular flexibility index (Phi) is 6.97. The average Bonchev–Trinajstić information content (AvgIpc) is 2.38. The molecule has 6 heteroatoms. The van der Waals surface area contributed by atoms with Crippen molar-refractivity contribution in [2.45, 2.75) is 19.1 Å². The minimum atomic E-state index is -1.11. The van der Waals surface area contributed by atoms with E-state index in [2.05, 4.69) is 27.8 Å². The first-order chi connectivity index (χ1) is 9.49. The zero-order valence-corrected chi connectivity index (χ0v) is 12.4. The van der Waals surface area contributed by atoms with E-state index in [1.54, 1.807) is 0 Å². The summed E-state index contributed by atoms with van der Waals surface area (Å²) in [6, 6.07) is 8.40. The van der Waals surface area contributed by atoms with Crippen LogP contribution in [0.25, 0.3) is 0 Å². The predicted octanol–water partition coefficient (Wildman–Crippen LogP) is 2.07. The molecule has 1 atom stereocenters. The van der Waals surface area contributed by atoms with Crippen molar-refractivity contribution < 1.29 is 19.4 Å². The fraction of sp³-hybridized carbons (Fsp3) is 0.286. The van der Waals surface area contributed by atoms with Crippen molar-refractivity contribution in [2.75, 3.05) is 6.61 Å². The van der Waals surface area contributed by atoms with E-state index in [-0.39, 0.29) is 13.0 Å².